The number of rotatable bonds is 6. The number of carbonyl (C=O) groups is 2. The molecule has 2 N–H and O–H groups in total. The molecule has 0 radical (unpaired) electrons. The zero-order valence-electron chi connectivity index (χ0n) is 11.7. The fraction of sp³-hybridized carbons (Fsp3) is 0.286. The van der Waals surface area contributed by atoms with Crippen LogP contribution in [0.15, 0.2) is 22.1 Å². The van der Waals surface area contributed by atoms with Gasteiger partial charge in [-0.15, -0.1) is 0 Å². The summed E-state index contributed by atoms with van der Waals surface area (Å²) in [5.41, 5.74) is 0.0709. The lowest BCUT2D eigenvalue weighted by atomic mass is 9.89. The lowest BCUT2D eigenvalue weighted by Gasteiger charge is -2.19. The smallest absolute Gasteiger partial charge is 0.336 e. The molecule has 114 valence electrons. The molecule has 0 aromatic heterocycles. The largest absolute Gasteiger partial charge is 0.478 e. The maximum absolute atomic E-state index is 11.6. The molecule has 1 aromatic rings. The van der Waals surface area contributed by atoms with Gasteiger partial charge in [-0.1, -0.05) is 6.07 Å². The number of aliphatic imine (C=N–C) groups is 2. The predicted octanol–water partition coefficient (Wildman–Crippen LogP) is 3.41. The molecule has 0 heterocycles. The van der Waals surface area contributed by atoms with E-state index in [1.54, 1.807) is 13.8 Å². The summed E-state index contributed by atoms with van der Waals surface area (Å²) in [6, 6.07) is 1.56. The van der Waals surface area contributed by atoms with Crippen molar-refractivity contribution in [1.82, 2.24) is 0 Å². The van der Waals surface area contributed by atoms with E-state index in [1.165, 1.54) is 12.1 Å². The Balaban J connectivity index is 3.84. The molecule has 1 rings (SSSR count). The van der Waals surface area contributed by atoms with E-state index in [9.17, 15) is 19.8 Å². The molecule has 0 aliphatic heterocycles. The van der Waals surface area contributed by atoms with E-state index in [1.807, 2.05) is 0 Å². The van der Waals surface area contributed by atoms with E-state index in [4.69, 9.17) is 0 Å². The number of carboxylic acid groups (broad SMARTS) is 2. The Labute approximate surface area is 137 Å². The zero-order chi connectivity index (χ0) is 16.9. The van der Waals surface area contributed by atoms with Gasteiger partial charge in [-0.2, -0.15) is 0 Å². The van der Waals surface area contributed by atoms with Crippen LogP contribution in [-0.2, 0) is 0 Å². The fourth-order valence-corrected chi connectivity index (χ4v) is 2.47. The van der Waals surface area contributed by atoms with Gasteiger partial charge in [-0.3, -0.25) is 0 Å². The fourth-order valence-electron chi connectivity index (χ4n) is 2.15. The van der Waals surface area contributed by atoms with Crippen molar-refractivity contribution in [2.24, 2.45) is 9.98 Å². The Hall–Kier alpha value is -2.24. The SMILES string of the molecule is CC(N=C=S)c1ccc(C(=O)O)c(C(=O)O)c1C(C)N=C=S. The van der Waals surface area contributed by atoms with Gasteiger partial charge in [0.1, 0.15) is 0 Å². The Morgan fingerprint density at radius 3 is 2.05 bits per heavy atom. The van der Waals surface area contributed by atoms with Crippen LogP contribution < -0.4 is 0 Å². The molecular formula is C14H12N2O4S2. The molecule has 0 fully saturated rings. The lowest BCUT2D eigenvalue weighted by molar-refractivity contribution is 0.0650. The van der Waals surface area contributed by atoms with Gasteiger partial charge in [0.15, 0.2) is 0 Å². The molecule has 1 aromatic carbocycles. The third kappa shape index (κ3) is 3.69. The average Bonchev–Trinajstić information content (AvgIpc) is 2.45. The second-order valence-corrected chi connectivity index (χ2v) is 4.76. The maximum Gasteiger partial charge on any atom is 0.336 e. The Morgan fingerprint density at radius 1 is 1.05 bits per heavy atom. The van der Waals surface area contributed by atoms with E-state index in [0.29, 0.717) is 5.56 Å². The van der Waals surface area contributed by atoms with Gasteiger partial charge >= 0.3 is 11.9 Å². The second-order valence-electron chi connectivity index (χ2n) is 4.39. The third-order valence-electron chi connectivity index (χ3n) is 3.08. The van der Waals surface area contributed by atoms with Crippen molar-refractivity contribution < 1.29 is 19.8 Å². The number of thiocarbonyl (C=S) groups is 2. The normalized spacial score (nSPS) is 12.5. The lowest BCUT2D eigenvalue weighted by Crippen LogP contribution is -2.15. The molecule has 6 nitrogen and oxygen atoms in total. The van der Waals surface area contributed by atoms with Crippen molar-refractivity contribution in [3.63, 3.8) is 0 Å². The van der Waals surface area contributed by atoms with Gasteiger partial charge in [0.05, 0.1) is 33.5 Å². The van der Waals surface area contributed by atoms with Crippen LogP contribution in [0.4, 0.5) is 0 Å². The zero-order valence-corrected chi connectivity index (χ0v) is 13.4. The predicted molar refractivity (Wildman–Crippen MR) is 87.2 cm³/mol. The molecule has 22 heavy (non-hydrogen) atoms. The Morgan fingerprint density at radius 2 is 1.59 bits per heavy atom. The van der Waals surface area contributed by atoms with Crippen molar-refractivity contribution in [2.45, 2.75) is 25.9 Å². The van der Waals surface area contributed by atoms with E-state index in [2.05, 4.69) is 44.7 Å². The minimum Gasteiger partial charge on any atom is -0.478 e. The number of hydrogen-bond donors (Lipinski definition) is 2. The number of aromatic carboxylic acids is 2. The summed E-state index contributed by atoms with van der Waals surface area (Å²) in [5.74, 6) is -2.70. The highest BCUT2D eigenvalue weighted by molar-refractivity contribution is 7.78. The molecule has 0 aliphatic carbocycles. The highest BCUT2D eigenvalue weighted by atomic mass is 32.1. The first-order chi connectivity index (χ1) is 10.3. The minimum absolute atomic E-state index is 0.228. The second kappa shape index (κ2) is 7.68. The number of isothiocyanates is 2. The molecule has 2 atom stereocenters. The van der Waals surface area contributed by atoms with E-state index < -0.39 is 24.0 Å². The third-order valence-corrected chi connectivity index (χ3v) is 3.29. The Kier molecular flexibility index (Phi) is 6.22. The molecule has 0 amide bonds. The first kappa shape index (κ1) is 17.8. The van der Waals surface area contributed by atoms with E-state index in [0.717, 1.165) is 0 Å². The van der Waals surface area contributed by atoms with Gasteiger partial charge in [-0.25, -0.2) is 19.6 Å². The van der Waals surface area contributed by atoms with Crippen LogP contribution in [0.1, 0.15) is 57.8 Å². The van der Waals surface area contributed by atoms with Crippen molar-refractivity contribution >= 4 is 46.7 Å². The molecule has 0 aliphatic rings. The van der Waals surface area contributed by atoms with Gasteiger partial charge in [0.2, 0.25) is 0 Å². The summed E-state index contributed by atoms with van der Waals surface area (Å²) in [7, 11) is 0. The van der Waals surface area contributed by atoms with Crippen molar-refractivity contribution in [3.05, 3.63) is 34.4 Å². The summed E-state index contributed by atoms with van der Waals surface area (Å²) >= 11 is 9.11. The molecule has 0 bridgehead atoms. The molecule has 8 heteroatoms. The van der Waals surface area contributed by atoms with Gasteiger partial charge < -0.3 is 10.2 Å². The molecule has 0 saturated heterocycles. The molecule has 0 saturated carbocycles. The first-order valence-corrected chi connectivity index (χ1v) is 6.94. The van der Waals surface area contributed by atoms with Gasteiger partial charge in [0.25, 0.3) is 0 Å². The standard InChI is InChI=1S/C14H12N2O4S2/c1-7(15-5-21)9-3-4-10(13(17)18)12(14(19)20)11(9)8(2)16-6-22/h3-4,7-8H,1-2H3,(H,17,18)(H,19,20). The first-order valence-electron chi connectivity index (χ1n) is 6.12. The maximum atomic E-state index is 11.6. The molecule has 2 unspecified atom stereocenters. The van der Waals surface area contributed by atoms with Gasteiger partial charge in [0, 0.05) is 0 Å². The van der Waals surface area contributed by atoms with Crippen LogP contribution in [0.25, 0.3) is 0 Å². The van der Waals surface area contributed by atoms with Crippen LogP contribution >= 0.6 is 24.4 Å². The van der Waals surface area contributed by atoms with E-state index >= 15 is 0 Å². The quantitative estimate of drug-likeness (QED) is 0.610. The van der Waals surface area contributed by atoms with Crippen molar-refractivity contribution in [2.75, 3.05) is 0 Å². The summed E-state index contributed by atoms with van der Waals surface area (Å²) in [4.78, 5) is 30.6. The summed E-state index contributed by atoms with van der Waals surface area (Å²) < 4.78 is 0. The highest BCUT2D eigenvalue weighted by Crippen LogP contribution is 2.33. The van der Waals surface area contributed by atoms with Crippen molar-refractivity contribution in [1.29, 1.82) is 0 Å². The summed E-state index contributed by atoms with van der Waals surface area (Å²) in [5, 5.41) is 23.0. The summed E-state index contributed by atoms with van der Waals surface area (Å²) in [6.07, 6.45) is 0. The van der Waals surface area contributed by atoms with Crippen LogP contribution in [0.5, 0.6) is 0 Å². The molecule has 0 spiro atoms. The minimum atomic E-state index is -1.36. The van der Waals surface area contributed by atoms with E-state index in [-0.39, 0.29) is 16.7 Å². The topological polar surface area (TPSA) is 99.3 Å². The number of hydrogen-bond acceptors (Lipinski definition) is 6. The highest BCUT2D eigenvalue weighted by Gasteiger charge is 2.27. The summed E-state index contributed by atoms with van der Waals surface area (Å²) in [6.45, 7) is 3.29. The number of nitrogens with zero attached hydrogens (tertiary/aromatic N) is 2. The molecular weight excluding hydrogens is 324 g/mol. The van der Waals surface area contributed by atoms with Crippen LogP contribution in [0.2, 0.25) is 0 Å². The Bertz CT molecular complexity index is 720. The van der Waals surface area contributed by atoms with Crippen molar-refractivity contribution in [3.8, 4) is 0 Å². The van der Waals surface area contributed by atoms with Crippen LogP contribution in [0, 0.1) is 0 Å². The average molecular weight is 336 g/mol. The van der Waals surface area contributed by atoms with Crippen LogP contribution in [0.3, 0.4) is 0 Å². The monoisotopic (exact) mass is 336 g/mol. The number of carboxylic acids is 2. The number of benzene rings is 1. The van der Waals surface area contributed by atoms with Crippen LogP contribution in [-0.4, -0.2) is 32.5 Å². The van der Waals surface area contributed by atoms with Gasteiger partial charge in [-0.05, 0) is 55.5 Å².